The molecule has 2 heterocycles. The third-order valence-corrected chi connectivity index (χ3v) is 3.35. The van der Waals surface area contributed by atoms with Crippen LogP contribution in [0.1, 0.15) is 19.3 Å². The van der Waals surface area contributed by atoms with Gasteiger partial charge in [0.2, 0.25) is 5.91 Å². The first-order valence-electron chi connectivity index (χ1n) is 5.38. The van der Waals surface area contributed by atoms with Crippen LogP contribution in [0.5, 0.6) is 0 Å². The molecule has 0 aromatic rings. The smallest absolute Gasteiger partial charge is 0.220 e. The summed E-state index contributed by atoms with van der Waals surface area (Å²) in [5.41, 5.74) is 5.28. The highest BCUT2D eigenvalue weighted by Gasteiger charge is 2.29. The van der Waals surface area contributed by atoms with E-state index in [1.165, 1.54) is 0 Å². The minimum absolute atomic E-state index is 0.105. The Labute approximate surface area is 84.4 Å². The normalized spacial score (nSPS) is 30.7. The second kappa shape index (κ2) is 4.28. The van der Waals surface area contributed by atoms with Crippen LogP contribution in [-0.4, -0.2) is 43.2 Å². The largest absolute Gasteiger partial charge is 0.380 e. The molecule has 14 heavy (non-hydrogen) atoms. The van der Waals surface area contributed by atoms with E-state index >= 15 is 0 Å². The molecule has 0 bridgehead atoms. The average Bonchev–Trinajstić information content (AvgIpc) is 2.71. The highest BCUT2D eigenvalue weighted by molar-refractivity contribution is 5.76. The number of nitrogens with two attached hydrogens (primary N) is 1. The second-order valence-corrected chi connectivity index (χ2v) is 4.23. The predicted octanol–water partition coefficient (Wildman–Crippen LogP) is -0.0274. The summed E-state index contributed by atoms with van der Waals surface area (Å²) < 4.78 is 5.35. The minimum atomic E-state index is -0.132. The lowest BCUT2D eigenvalue weighted by atomic mass is 9.95. The Morgan fingerprint density at radius 1 is 1.29 bits per heavy atom. The van der Waals surface area contributed by atoms with Crippen LogP contribution in [0.2, 0.25) is 0 Å². The zero-order valence-electron chi connectivity index (χ0n) is 8.45. The SMILES string of the molecule is NC(=O)C1CCN([C@H]2CCOC2)CC1. The number of amides is 1. The van der Waals surface area contributed by atoms with Gasteiger partial charge in [0.05, 0.1) is 6.61 Å². The third-order valence-electron chi connectivity index (χ3n) is 3.35. The Balaban J connectivity index is 1.80. The van der Waals surface area contributed by atoms with Crippen LogP contribution in [0.25, 0.3) is 0 Å². The van der Waals surface area contributed by atoms with Crippen molar-refractivity contribution in [3.8, 4) is 0 Å². The summed E-state index contributed by atoms with van der Waals surface area (Å²) in [5, 5.41) is 0. The summed E-state index contributed by atoms with van der Waals surface area (Å²) in [6.07, 6.45) is 2.99. The van der Waals surface area contributed by atoms with Crippen molar-refractivity contribution in [2.75, 3.05) is 26.3 Å². The summed E-state index contributed by atoms with van der Waals surface area (Å²) >= 11 is 0. The van der Waals surface area contributed by atoms with Gasteiger partial charge < -0.3 is 10.5 Å². The van der Waals surface area contributed by atoms with Crippen molar-refractivity contribution in [1.29, 1.82) is 0 Å². The van der Waals surface area contributed by atoms with Crippen molar-refractivity contribution < 1.29 is 9.53 Å². The molecule has 4 nitrogen and oxygen atoms in total. The summed E-state index contributed by atoms with van der Waals surface area (Å²) in [6, 6.07) is 0.587. The van der Waals surface area contributed by atoms with Gasteiger partial charge in [-0.1, -0.05) is 0 Å². The van der Waals surface area contributed by atoms with Crippen molar-refractivity contribution in [3.05, 3.63) is 0 Å². The Bertz CT molecular complexity index is 206. The number of likely N-dealkylation sites (tertiary alicyclic amines) is 1. The number of hydrogen-bond donors (Lipinski definition) is 1. The Kier molecular flexibility index (Phi) is 3.03. The molecule has 0 aromatic carbocycles. The Hall–Kier alpha value is -0.610. The van der Waals surface area contributed by atoms with E-state index in [1.54, 1.807) is 0 Å². The van der Waals surface area contributed by atoms with Gasteiger partial charge in [0.1, 0.15) is 0 Å². The number of carbonyl (C=O) groups excluding carboxylic acids is 1. The third kappa shape index (κ3) is 2.07. The topological polar surface area (TPSA) is 55.6 Å². The van der Waals surface area contributed by atoms with E-state index in [1.807, 2.05) is 0 Å². The van der Waals surface area contributed by atoms with E-state index < -0.39 is 0 Å². The number of rotatable bonds is 2. The molecule has 1 amide bonds. The van der Waals surface area contributed by atoms with E-state index in [0.717, 1.165) is 45.6 Å². The Morgan fingerprint density at radius 2 is 2.00 bits per heavy atom. The fourth-order valence-electron chi connectivity index (χ4n) is 2.36. The highest BCUT2D eigenvalue weighted by Crippen LogP contribution is 2.21. The van der Waals surface area contributed by atoms with Crippen LogP contribution in [0.15, 0.2) is 0 Å². The zero-order chi connectivity index (χ0) is 9.97. The maximum Gasteiger partial charge on any atom is 0.220 e. The van der Waals surface area contributed by atoms with Crippen LogP contribution in [0, 0.1) is 5.92 Å². The molecule has 2 aliphatic heterocycles. The van der Waals surface area contributed by atoms with Gasteiger partial charge in [-0.2, -0.15) is 0 Å². The number of carbonyl (C=O) groups is 1. The summed E-state index contributed by atoms with van der Waals surface area (Å²) in [4.78, 5) is 13.4. The molecule has 2 fully saturated rings. The van der Waals surface area contributed by atoms with Gasteiger partial charge >= 0.3 is 0 Å². The van der Waals surface area contributed by atoms with Crippen LogP contribution in [0.4, 0.5) is 0 Å². The zero-order valence-corrected chi connectivity index (χ0v) is 8.45. The van der Waals surface area contributed by atoms with Crippen molar-refractivity contribution in [1.82, 2.24) is 4.90 Å². The molecule has 0 spiro atoms. The van der Waals surface area contributed by atoms with Gasteiger partial charge in [-0.05, 0) is 32.4 Å². The molecule has 0 unspecified atom stereocenters. The standard InChI is InChI=1S/C10H18N2O2/c11-10(13)8-1-4-12(5-2-8)9-3-6-14-7-9/h8-9H,1-7H2,(H2,11,13)/t9-/m0/s1. The first-order valence-corrected chi connectivity index (χ1v) is 5.38. The molecule has 2 N–H and O–H groups in total. The Morgan fingerprint density at radius 3 is 2.50 bits per heavy atom. The average molecular weight is 198 g/mol. The van der Waals surface area contributed by atoms with Gasteiger partial charge in [-0.15, -0.1) is 0 Å². The molecule has 2 saturated heterocycles. The van der Waals surface area contributed by atoms with E-state index in [2.05, 4.69) is 4.90 Å². The van der Waals surface area contributed by atoms with Crippen molar-refractivity contribution in [3.63, 3.8) is 0 Å². The minimum Gasteiger partial charge on any atom is -0.380 e. The van der Waals surface area contributed by atoms with E-state index in [-0.39, 0.29) is 11.8 Å². The van der Waals surface area contributed by atoms with Crippen molar-refractivity contribution >= 4 is 5.91 Å². The maximum absolute atomic E-state index is 11.0. The fourth-order valence-corrected chi connectivity index (χ4v) is 2.36. The summed E-state index contributed by atoms with van der Waals surface area (Å²) in [6.45, 7) is 3.75. The maximum atomic E-state index is 11.0. The van der Waals surface area contributed by atoms with Gasteiger partial charge in [-0.3, -0.25) is 9.69 Å². The molecule has 2 rings (SSSR count). The van der Waals surface area contributed by atoms with E-state index in [0.29, 0.717) is 6.04 Å². The molecule has 0 saturated carbocycles. The van der Waals surface area contributed by atoms with E-state index in [4.69, 9.17) is 10.5 Å². The van der Waals surface area contributed by atoms with Gasteiger partial charge in [0.15, 0.2) is 0 Å². The van der Waals surface area contributed by atoms with Crippen LogP contribution < -0.4 is 5.73 Å². The molecule has 0 aliphatic carbocycles. The number of nitrogens with zero attached hydrogens (tertiary/aromatic N) is 1. The van der Waals surface area contributed by atoms with Crippen LogP contribution >= 0.6 is 0 Å². The second-order valence-electron chi connectivity index (χ2n) is 4.23. The number of piperidine rings is 1. The molecule has 80 valence electrons. The lowest BCUT2D eigenvalue weighted by Gasteiger charge is -2.34. The van der Waals surface area contributed by atoms with Crippen molar-refractivity contribution in [2.24, 2.45) is 11.7 Å². The lowest BCUT2D eigenvalue weighted by Crippen LogP contribution is -2.44. The summed E-state index contributed by atoms with van der Waals surface area (Å²) in [5.74, 6) is -0.0270. The molecule has 4 heteroatoms. The first-order chi connectivity index (χ1) is 6.77. The molecular weight excluding hydrogens is 180 g/mol. The summed E-state index contributed by atoms with van der Waals surface area (Å²) in [7, 11) is 0. The predicted molar refractivity (Wildman–Crippen MR) is 52.7 cm³/mol. The molecule has 1 atom stereocenters. The van der Waals surface area contributed by atoms with Crippen molar-refractivity contribution in [2.45, 2.75) is 25.3 Å². The molecule has 2 aliphatic rings. The molecule has 0 aromatic heterocycles. The van der Waals surface area contributed by atoms with E-state index in [9.17, 15) is 4.79 Å². The quantitative estimate of drug-likeness (QED) is 0.678. The van der Waals surface area contributed by atoms with Crippen LogP contribution in [0.3, 0.4) is 0 Å². The molecular formula is C10H18N2O2. The monoisotopic (exact) mass is 198 g/mol. The lowest BCUT2D eigenvalue weighted by molar-refractivity contribution is -0.123. The van der Waals surface area contributed by atoms with Crippen LogP contribution in [-0.2, 0) is 9.53 Å². The number of primary amides is 1. The van der Waals surface area contributed by atoms with Gasteiger partial charge in [-0.25, -0.2) is 0 Å². The van der Waals surface area contributed by atoms with Gasteiger partial charge in [0.25, 0.3) is 0 Å². The first kappa shape index (κ1) is 9.93. The number of hydrogen-bond acceptors (Lipinski definition) is 3. The highest BCUT2D eigenvalue weighted by atomic mass is 16.5. The van der Waals surface area contributed by atoms with Gasteiger partial charge in [0, 0.05) is 18.6 Å². The fraction of sp³-hybridized carbons (Fsp3) is 0.900. The molecule has 0 radical (unpaired) electrons. The number of ether oxygens (including phenoxy) is 1.